The summed E-state index contributed by atoms with van der Waals surface area (Å²) >= 11 is 3.78. The molecule has 46 heavy (non-hydrogen) atoms. The molecule has 3 heterocycles. The number of rotatable bonds is 15. The first kappa shape index (κ1) is 33.9. The van der Waals surface area contributed by atoms with Gasteiger partial charge in [-0.15, -0.1) is 13.2 Å². The van der Waals surface area contributed by atoms with Gasteiger partial charge in [-0.2, -0.15) is 0 Å². The van der Waals surface area contributed by atoms with Gasteiger partial charge in [0.2, 0.25) is 11.8 Å². The molecule has 2 aromatic rings. The van der Waals surface area contributed by atoms with Crippen molar-refractivity contribution in [2.45, 2.75) is 55.8 Å². The molecule has 5 rings (SSSR count). The number of halogens is 1. The highest BCUT2D eigenvalue weighted by molar-refractivity contribution is 9.09. The Bertz CT molecular complexity index is 1420. The number of hydrogen-bond acceptors (Lipinski definition) is 6. The summed E-state index contributed by atoms with van der Waals surface area (Å²) in [6, 6.07) is 16.6. The molecule has 0 radical (unpaired) electrons. The fourth-order valence-electron chi connectivity index (χ4n) is 7.61. The van der Waals surface area contributed by atoms with E-state index in [9.17, 15) is 19.5 Å². The third kappa shape index (κ3) is 6.02. The van der Waals surface area contributed by atoms with Crippen LogP contribution in [0.25, 0.3) is 0 Å². The Morgan fingerprint density at radius 1 is 1.02 bits per heavy atom. The molecule has 2 aromatic carbocycles. The SMILES string of the molecule is C=CCN(Cc1ccccc1)C(=O)[C@H]1[C@@H]2OC3(CC2Br)C(C(=O)N(CC=C)c2ccc(N(CC)CC)cc2)N(CCCO)C(=O)[C@H]13. The Hall–Kier alpha value is -3.47. The number of nitrogens with zero attached hydrogens (tertiary/aromatic N) is 4. The van der Waals surface area contributed by atoms with Crippen LogP contribution in [0.5, 0.6) is 0 Å². The average molecular weight is 694 g/mol. The lowest BCUT2D eigenvalue weighted by Gasteiger charge is -2.37. The largest absolute Gasteiger partial charge is 0.396 e. The van der Waals surface area contributed by atoms with Gasteiger partial charge in [0.1, 0.15) is 11.6 Å². The fraction of sp³-hybridized carbons (Fsp3) is 0.472. The number of hydrogen-bond donors (Lipinski definition) is 1. The van der Waals surface area contributed by atoms with Crippen molar-refractivity contribution in [3.05, 3.63) is 85.5 Å². The monoisotopic (exact) mass is 692 g/mol. The first-order valence-electron chi connectivity index (χ1n) is 16.2. The Morgan fingerprint density at radius 2 is 1.67 bits per heavy atom. The van der Waals surface area contributed by atoms with Crippen LogP contribution in [0.2, 0.25) is 0 Å². The van der Waals surface area contributed by atoms with E-state index in [1.165, 1.54) is 0 Å². The van der Waals surface area contributed by atoms with Crippen LogP contribution in [0.15, 0.2) is 79.9 Å². The van der Waals surface area contributed by atoms with Crippen LogP contribution < -0.4 is 9.80 Å². The van der Waals surface area contributed by atoms with E-state index in [4.69, 9.17) is 4.74 Å². The Kier molecular flexibility index (Phi) is 10.7. The van der Waals surface area contributed by atoms with Crippen molar-refractivity contribution >= 4 is 45.0 Å². The Balaban J connectivity index is 1.52. The van der Waals surface area contributed by atoms with Gasteiger partial charge in [-0.05, 0) is 56.5 Å². The summed E-state index contributed by atoms with van der Waals surface area (Å²) in [4.78, 5) is 50.5. The lowest BCUT2D eigenvalue weighted by atomic mass is 9.70. The van der Waals surface area contributed by atoms with E-state index >= 15 is 0 Å². The summed E-state index contributed by atoms with van der Waals surface area (Å²) in [5, 5.41) is 9.75. The molecule has 3 saturated heterocycles. The van der Waals surface area contributed by atoms with Crippen LogP contribution in [0.4, 0.5) is 11.4 Å². The zero-order chi connectivity index (χ0) is 33.0. The Labute approximate surface area is 280 Å². The second-order valence-electron chi connectivity index (χ2n) is 12.2. The van der Waals surface area contributed by atoms with Gasteiger partial charge in [0, 0.05) is 62.1 Å². The van der Waals surface area contributed by atoms with Gasteiger partial charge in [0.15, 0.2) is 0 Å². The molecule has 10 heteroatoms. The zero-order valence-electron chi connectivity index (χ0n) is 26.8. The third-order valence-corrected chi connectivity index (χ3v) is 10.5. The maximum Gasteiger partial charge on any atom is 0.253 e. The van der Waals surface area contributed by atoms with Crippen molar-refractivity contribution in [1.82, 2.24) is 9.80 Å². The molecule has 3 fully saturated rings. The molecule has 3 aliphatic rings. The van der Waals surface area contributed by atoms with E-state index in [1.807, 2.05) is 54.6 Å². The number of ether oxygens (including phenoxy) is 1. The predicted molar refractivity (Wildman–Crippen MR) is 184 cm³/mol. The van der Waals surface area contributed by atoms with Crippen molar-refractivity contribution in [1.29, 1.82) is 0 Å². The summed E-state index contributed by atoms with van der Waals surface area (Å²) in [7, 11) is 0. The van der Waals surface area contributed by atoms with E-state index in [0.717, 1.165) is 24.3 Å². The normalized spacial score (nSPS) is 26.1. The van der Waals surface area contributed by atoms with Gasteiger partial charge in [0.25, 0.3) is 5.91 Å². The van der Waals surface area contributed by atoms with Crippen molar-refractivity contribution in [3.63, 3.8) is 0 Å². The average Bonchev–Trinajstić information content (AvgIpc) is 3.66. The molecule has 0 aliphatic carbocycles. The first-order chi connectivity index (χ1) is 22.3. The van der Waals surface area contributed by atoms with Crippen molar-refractivity contribution in [3.8, 4) is 0 Å². The van der Waals surface area contributed by atoms with Gasteiger partial charge < -0.3 is 29.4 Å². The van der Waals surface area contributed by atoms with Crippen molar-refractivity contribution in [2.24, 2.45) is 11.8 Å². The molecule has 1 spiro atoms. The van der Waals surface area contributed by atoms with Gasteiger partial charge in [-0.1, -0.05) is 58.4 Å². The Morgan fingerprint density at radius 3 is 2.28 bits per heavy atom. The zero-order valence-corrected chi connectivity index (χ0v) is 28.3. The number of amides is 3. The highest BCUT2D eigenvalue weighted by atomic mass is 79.9. The van der Waals surface area contributed by atoms with Crippen molar-refractivity contribution in [2.75, 3.05) is 49.1 Å². The predicted octanol–water partition coefficient (Wildman–Crippen LogP) is 4.40. The minimum atomic E-state index is -1.20. The molecule has 6 atom stereocenters. The van der Waals surface area contributed by atoms with Crippen LogP contribution in [0, 0.1) is 11.8 Å². The number of aliphatic hydroxyl groups is 1. The minimum Gasteiger partial charge on any atom is -0.396 e. The molecule has 0 aromatic heterocycles. The number of benzene rings is 2. The fourth-order valence-corrected chi connectivity index (χ4v) is 8.55. The van der Waals surface area contributed by atoms with Gasteiger partial charge in [-0.25, -0.2) is 0 Å². The summed E-state index contributed by atoms with van der Waals surface area (Å²) in [6.45, 7) is 14.7. The van der Waals surface area contributed by atoms with Crippen LogP contribution in [-0.2, 0) is 25.7 Å². The minimum absolute atomic E-state index is 0.136. The second-order valence-corrected chi connectivity index (χ2v) is 13.4. The molecule has 2 bridgehead atoms. The topological polar surface area (TPSA) is 93.6 Å². The van der Waals surface area contributed by atoms with E-state index in [-0.39, 0.29) is 42.2 Å². The molecule has 9 nitrogen and oxygen atoms in total. The lowest BCUT2D eigenvalue weighted by Crippen LogP contribution is -2.57. The molecular formula is C36H45BrN4O5. The smallest absolute Gasteiger partial charge is 0.253 e. The summed E-state index contributed by atoms with van der Waals surface area (Å²) in [5.74, 6) is -2.36. The molecular weight excluding hydrogens is 648 g/mol. The van der Waals surface area contributed by atoms with Crippen LogP contribution >= 0.6 is 15.9 Å². The number of likely N-dealkylation sites (tertiary alicyclic amines) is 1. The maximum absolute atomic E-state index is 14.8. The number of anilines is 2. The molecule has 1 N–H and O–H groups in total. The summed E-state index contributed by atoms with van der Waals surface area (Å²) < 4.78 is 6.74. The standard InChI is InChI=1S/C36H45BrN4O5/c1-5-19-39(24-25-13-10-9-11-14-25)33(43)29-30-34(44)41(21-12-22-42)32(36(30)23-28(37)31(29)46-36)35(45)40(20-6-2)27-17-15-26(16-18-27)38(7-3)8-4/h5-6,9-11,13-18,28-32,42H,1-2,7-8,12,19-24H2,3-4H3/t28?,29-,30+,31-,32?,36?/m1/s1. The molecule has 246 valence electrons. The second kappa shape index (κ2) is 14.5. The van der Waals surface area contributed by atoms with E-state index in [0.29, 0.717) is 31.6 Å². The number of aliphatic hydroxyl groups excluding tert-OH is 1. The van der Waals surface area contributed by atoms with Gasteiger partial charge >= 0.3 is 0 Å². The summed E-state index contributed by atoms with van der Waals surface area (Å²) in [5.41, 5.74) is 1.51. The lowest BCUT2D eigenvalue weighted by molar-refractivity contribution is -0.145. The molecule has 3 aliphatic heterocycles. The number of alkyl halides is 1. The highest BCUT2D eigenvalue weighted by Gasteiger charge is 2.76. The van der Waals surface area contributed by atoms with Crippen LogP contribution in [0.3, 0.4) is 0 Å². The maximum atomic E-state index is 14.8. The summed E-state index contributed by atoms with van der Waals surface area (Å²) in [6.07, 6.45) is 3.50. The van der Waals surface area contributed by atoms with Crippen LogP contribution in [0.1, 0.15) is 32.3 Å². The van der Waals surface area contributed by atoms with E-state index < -0.39 is 29.6 Å². The number of carbonyl (C=O) groups is 3. The molecule has 0 saturated carbocycles. The third-order valence-electron chi connectivity index (χ3n) is 9.61. The van der Waals surface area contributed by atoms with Crippen LogP contribution in [-0.4, -0.2) is 94.5 Å². The molecule has 3 amide bonds. The highest BCUT2D eigenvalue weighted by Crippen LogP contribution is 2.60. The number of carbonyl (C=O) groups excluding carboxylic acids is 3. The van der Waals surface area contributed by atoms with E-state index in [2.05, 4.69) is 47.8 Å². The first-order valence-corrected chi connectivity index (χ1v) is 17.1. The van der Waals surface area contributed by atoms with Gasteiger partial charge in [-0.3, -0.25) is 14.4 Å². The quantitative estimate of drug-likeness (QED) is 0.220. The van der Waals surface area contributed by atoms with E-state index in [1.54, 1.807) is 26.9 Å². The van der Waals surface area contributed by atoms with Gasteiger partial charge in [0.05, 0.1) is 17.9 Å². The molecule has 3 unspecified atom stereocenters. The van der Waals surface area contributed by atoms with Crippen molar-refractivity contribution < 1.29 is 24.2 Å². The number of fused-ring (bicyclic) bond motifs is 1.